The van der Waals surface area contributed by atoms with Gasteiger partial charge in [0.15, 0.2) is 0 Å². The maximum atomic E-state index is 2.74. The maximum absolute atomic E-state index is 2.74. The fourth-order valence-corrected chi connectivity index (χ4v) is 4.56. The zero-order chi connectivity index (χ0) is 7.56. The van der Waals surface area contributed by atoms with E-state index in [9.17, 15) is 0 Å². The monoisotopic (exact) mass is 157 g/mol. The van der Waals surface area contributed by atoms with Gasteiger partial charge in [-0.3, -0.25) is 0 Å². The molecule has 0 aromatic rings. The lowest BCUT2D eigenvalue weighted by Crippen LogP contribution is -2.47. The van der Waals surface area contributed by atoms with Gasteiger partial charge in [-0.25, -0.2) is 0 Å². The van der Waals surface area contributed by atoms with Crippen LogP contribution in [0.4, 0.5) is 0 Å². The van der Waals surface area contributed by atoms with Crippen LogP contribution < -0.4 is 0 Å². The lowest BCUT2D eigenvalue weighted by Gasteiger charge is -2.38. The highest BCUT2D eigenvalue weighted by molar-refractivity contribution is 6.58. The first-order valence-corrected chi connectivity index (χ1v) is 6.66. The summed E-state index contributed by atoms with van der Waals surface area (Å²) >= 11 is 0. The first-order chi connectivity index (χ1) is 4.75. The summed E-state index contributed by atoms with van der Waals surface area (Å²) in [7, 11) is -0.340. The van der Waals surface area contributed by atoms with Crippen LogP contribution >= 0.6 is 0 Å². The van der Waals surface area contributed by atoms with Crippen LogP contribution in [-0.4, -0.2) is 26.1 Å². The summed E-state index contributed by atoms with van der Waals surface area (Å²) in [5, 5.41) is 0. The average molecular weight is 157 g/mol. The number of hydrogen-bond acceptors (Lipinski definition) is 1. The Morgan fingerprint density at radius 3 is 2.10 bits per heavy atom. The van der Waals surface area contributed by atoms with Gasteiger partial charge in [-0.15, -0.1) is 0 Å². The molecule has 0 bridgehead atoms. The first-order valence-electron chi connectivity index (χ1n) is 4.51. The van der Waals surface area contributed by atoms with Crippen molar-refractivity contribution in [3.8, 4) is 0 Å². The van der Waals surface area contributed by atoms with Gasteiger partial charge in [0.25, 0.3) is 0 Å². The highest BCUT2D eigenvalue weighted by Crippen LogP contribution is 2.24. The molecule has 2 heteroatoms. The Hall–Kier alpha value is 0.177. The molecule has 1 heterocycles. The van der Waals surface area contributed by atoms with Gasteiger partial charge in [0.05, 0.1) is 0 Å². The zero-order valence-corrected chi connectivity index (χ0v) is 8.59. The Balaban J connectivity index is 2.31. The van der Waals surface area contributed by atoms with Crippen molar-refractivity contribution < 1.29 is 0 Å². The van der Waals surface area contributed by atoms with Crippen LogP contribution in [0.25, 0.3) is 0 Å². The molecule has 0 spiro atoms. The molecule has 0 atom stereocenters. The van der Waals surface area contributed by atoms with Gasteiger partial charge in [-0.1, -0.05) is 27.2 Å². The predicted molar refractivity (Wildman–Crippen MR) is 48.9 cm³/mol. The van der Waals surface area contributed by atoms with E-state index in [1.807, 2.05) is 0 Å². The van der Waals surface area contributed by atoms with Crippen LogP contribution in [0.1, 0.15) is 27.2 Å². The van der Waals surface area contributed by atoms with E-state index in [4.69, 9.17) is 0 Å². The molecular formula is C8H19NSi. The van der Waals surface area contributed by atoms with Crippen molar-refractivity contribution in [2.24, 2.45) is 0 Å². The normalized spacial score (nSPS) is 20.1. The summed E-state index contributed by atoms with van der Waals surface area (Å²) in [6, 6.07) is 3.96. The smallest absolute Gasteiger partial charge is 0.112 e. The quantitative estimate of drug-likeness (QED) is 0.565. The minimum atomic E-state index is -0.340. The molecule has 0 N–H and O–H groups in total. The molecule has 10 heavy (non-hydrogen) atoms. The third kappa shape index (κ3) is 1.61. The molecule has 60 valence electrons. The average Bonchev–Trinajstić information content (AvgIpc) is 1.76. The highest BCUT2D eigenvalue weighted by atomic mass is 28.3. The zero-order valence-electron chi connectivity index (χ0n) is 7.43. The molecule has 1 nitrogen and oxygen atoms in total. The SMILES string of the molecule is CCN(C(C)C)[SiH]1CCC1. The summed E-state index contributed by atoms with van der Waals surface area (Å²) < 4.78 is 2.74. The maximum Gasteiger partial charge on any atom is 0.112 e. The van der Waals surface area contributed by atoms with Gasteiger partial charge in [-0.2, -0.15) is 0 Å². The predicted octanol–water partition coefficient (Wildman–Crippen LogP) is 1.84. The minimum Gasteiger partial charge on any atom is -0.324 e. The first kappa shape index (κ1) is 8.28. The summed E-state index contributed by atoms with van der Waals surface area (Å²) in [5.74, 6) is 0. The molecule has 0 saturated carbocycles. The largest absolute Gasteiger partial charge is 0.324 e. The number of rotatable bonds is 3. The summed E-state index contributed by atoms with van der Waals surface area (Å²) in [4.78, 5) is 0. The van der Waals surface area contributed by atoms with Crippen molar-refractivity contribution in [1.82, 2.24) is 4.57 Å². The van der Waals surface area contributed by atoms with Crippen molar-refractivity contribution in [3.05, 3.63) is 0 Å². The highest BCUT2D eigenvalue weighted by Gasteiger charge is 2.26. The molecule has 1 aliphatic rings. The second-order valence-corrected chi connectivity index (χ2v) is 6.63. The topological polar surface area (TPSA) is 3.24 Å². The minimum absolute atomic E-state index is 0.340. The van der Waals surface area contributed by atoms with E-state index in [-0.39, 0.29) is 8.96 Å². The van der Waals surface area contributed by atoms with Crippen molar-refractivity contribution >= 4 is 8.96 Å². The van der Waals surface area contributed by atoms with Crippen LogP contribution in [0.15, 0.2) is 0 Å². The standard InChI is InChI=1S/C8H19NSi/c1-4-9(8(2)3)10-6-5-7-10/h8,10H,4-7H2,1-3H3. The molecule has 0 aromatic carbocycles. The lowest BCUT2D eigenvalue weighted by molar-refractivity contribution is 0.367. The number of hydrogen-bond donors (Lipinski definition) is 0. The van der Waals surface area contributed by atoms with Gasteiger partial charge < -0.3 is 4.57 Å². The molecule has 1 saturated heterocycles. The van der Waals surface area contributed by atoms with Gasteiger partial charge in [0.2, 0.25) is 0 Å². The molecule has 0 aromatic heterocycles. The molecular weight excluding hydrogens is 138 g/mol. The van der Waals surface area contributed by atoms with Crippen molar-refractivity contribution in [2.45, 2.75) is 45.3 Å². The van der Waals surface area contributed by atoms with Crippen LogP contribution in [0, 0.1) is 0 Å². The van der Waals surface area contributed by atoms with Crippen LogP contribution in [0.2, 0.25) is 12.1 Å². The summed E-state index contributed by atoms with van der Waals surface area (Å²) in [6.45, 7) is 8.24. The van der Waals surface area contributed by atoms with Crippen molar-refractivity contribution in [3.63, 3.8) is 0 Å². The fourth-order valence-electron chi connectivity index (χ4n) is 1.76. The van der Waals surface area contributed by atoms with E-state index in [1.54, 1.807) is 12.1 Å². The second-order valence-electron chi connectivity index (χ2n) is 3.51. The van der Waals surface area contributed by atoms with E-state index in [0.29, 0.717) is 0 Å². The third-order valence-electron chi connectivity index (χ3n) is 2.57. The van der Waals surface area contributed by atoms with E-state index >= 15 is 0 Å². The second kappa shape index (κ2) is 3.53. The Labute approximate surface area is 66.1 Å². The Kier molecular flexibility index (Phi) is 2.92. The van der Waals surface area contributed by atoms with E-state index in [2.05, 4.69) is 25.3 Å². The molecule has 0 radical (unpaired) electrons. The van der Waals surface area contributed by atoms with Gasteiger partial charge in [0.1, 0.15) is 8.96 Å². The summed E-state index contributed by atoms with van der Waals surface area (Å²) in [5.41, 5.74) is 0. The van der Waals surface area contributed by atoms with Crippen molar-refractivity contribution in [1.29, 1.82) is 0 Å². The van der Waals surface area contributed by atoms with Crippen LogP contribution in [-0.2, 0) is 0 Å². The van der Waals surface area contributed by atoms with Crippen LogP contribution in [0.5, 0.6) is 0 Å². The molecule has 0 unspecified atom stereocenters. The van der Waals surface area contributed by atoms with Gasteiger partial charge >= 0.3 is 0 Å². The molecule has 0 aliphatic carbocycles. The Morgan fingerprint density at radius 1 is 1.40 bits per heavy atom. The van der Waals surface area contributed by atoms with E-state index in [1.165, 1.54) is 13.0 Å². The van der Waals surface area contributed by atoms with E-state index < -0.39 is 0 Å². The summed E-state index contributed by atoms with van der Waals surface area (Å²) in [6.07, 6.45) is 1.51. The van der Waals surface area contributed by atoms with Gasteiger partial charge in [-0.05, 0) is 24.7 Å². The molecule has 0 amide bonds. The Morgan fingerprint density at radius 2 is 2.00 bits per heavy atom. The van der Waals surface area contributed by atoms with Gasteiger partial charge in [0, 0.05) is 0 Å². The van der Waals surface area contributed by atoms with E-state index in [0.717, 1.165) is 6.04 Å². The molecule has 1 rings (SSSR count). The fraction of sp³-hybridized carbons (Fsp3) is 1.00. The molecule has 1 aliphatic heterocycles. The molecule has 1 fully saturated rings. The lowest BCUT2D eigenvalue weighted by atomic mass is 10.4. The van der Waals surface area contributed by atoms with Crippen LogP contribution in [0.3, 0.4) is 0 Å². The number of nitrogens with zero attached hydrogens (tertiary/aromatic N) is 1. The van der Waals surface area contributed by atoms with Crippen molar-refractivity contribution in [2.75, 3.05) is 6.54 Å². The Bertz CT molecular complexity index is 99.4. The third-order valence-corrected chi connectivity index (χ3v) is 6.62.